The highest BCUT2D eigenvalue weighted by atomic mass is 32.2. The van der Waals surface area contributed by atoms with Gasteiger partial charge in [-0.05, 0) is 33.6 Å². The Morgan fingerprint density at radius 1 is 1.38 bits per heavy atom. The second-order valence-electron chi connectivity index (χ2n) is 5.22. The molecule has 1 aliphatic heterocycles. The molecule has 1 heterocycles. The van der Waals surface area contributed by atoms with Crippen LogP contribution in [0.25, 0.3) is 0 Å². The highest BCUT2D eigenvalue weighted by Gasteiger charge is 2.31. The highest BCUT2D eigenvalue weighted by molar-refractivity contribution is 7.92. The molecule has 0 spiro atoms. The molecule has 1 rings (SSSR count). The molecule has 1 saturated heterocycles. The first-order chi connectivity index (χ1) is 7.21. The van der Waals surface area contributed by atoms with Crippen LogP contribution in [0.2, 0.25) is 0 Å². The lowest BCUT2D eigenvalue weighted by Gasteiger charge is -2.21. The van der Waals surface area contributed by atoms with Crippen molar-refractivity contribution in [2.75, 3.05) is 12.3 Å². The second-order valence-corrected chi connectivity index (χ2v) is 7.62. The van der Waals surface area contributed by atoms with Crippen LogP contribution >= 0.6 is 0 Å². The van der Waals surface area contributed by atoms with Gasteiger partial charge in [-0.3, -0.25) is 0 Å². The average molecular weight is 248 g/mol. The zero-order valence-corrected chi connectivity index (χ0v) is 10.9. The minimum absolute atomic E-state index is 0.213. The number of hydrogen-bond acceptors (Lipinski definition) is 3. The maximum absolute atomic E-state index is 11.5. The Kier molecular flexibility index (Phi) is 3.83. The van der Waals surface area contributed by atoms with Gasteiger partial charge in [-0.1, -0.05) is 0 Å². The topological polar surface area (TPSA) is 75.3 Å². The predicted molar refractivity (Wildman–Crippen MR) is 63.1 cm³/mol. The Bertz CT molecular complexity index is 357. The van der Waals surface area contributed by atoms with Gasteiger partial charge in [0.1, 0.15) is 0 Å². The highest BCUT2D eigenvalue weighted by Crippen LogP contribution is 2.18. The summed E-state index contributed by atoms with van der Waals surface area (Å²) in [5.41, 5.74) is -0.307. The number of sulfone groups is 1. The first-order valence-corrected chi connectivity index (χ1v) is 7.20. The molecular weight excluding hydrogens is 228 g/mol. The van der Waals surface area contributed by atoms with Crippen LogP contribution in [-0.4, -0.2) is 37.5 Å². The van der Waals surface area contributed by atoms with Gasteiger partial charge in [0.2, 0.25) is 0 Å². The lowest BCUT2D eigenvalue weighted by atomic mass is 10.1. The van der Waals surface area contributed by atoms with Crippen LogP contribution in [0.1, 0.15) is 33.6 Å². The molecule has 6 heteroatoms. The van der Waals surface area contributed by atoms with E-state index in [4.69, 9.17) is 0 Å². The number of amides is 2. The molecule has 0 bridgehead atoms. The van der Waals surface area contributed by atoms with E-state index in [0.29, 0.717) is 12.8 Å². The van der Waals surface area contributed by atoms with Crippen molar-refractivity contribution in [3.8, 4) is 0 Å². The Labute approximate surface area is 96.9 Å². The van der Waals surface area contributed by atoms with E-state index in [0.717, 1.165) is 0 Å². The number of carbonyl (C=O) groups is 1. The van der Waals surface area contributed by atoms with Crippen LogP contribution in [0.3, 0.4) is 0 Å². The maximum Gasteiger partial charge on any atom is 0.315 e. The van der Waals surface area contributed by atoms with Gasteiger partial charge in [0.15, 0.2) is 9.84 Å². The summed E-state index contributed by atoms with van der Waals surface area (Å²) in [6, 6.07) is -0.311. The van der Waals surface area contributed by atoms with E-state index < -0.39 is 15.1 Å². The largest absolute Gasteiger partial charge is 0.337 e. The Balaban J connectivity index is 2.38. The molecule has 94 valence electrons. The zero-order valence-electron chi connectivity index (χ0n) is 10.0. The Morgan fingerprint density at radius 3 is 2.44 bits per heavy atom. The van der Waals surface area contributed by atoms with E-state index in [1.54, 1.807) is 0 Å². The van der Waals surface area contributed by atoms with Crippen molar-refractivity contribution in [2.45, 2.75) is 44.4 Å². The van der Waals surface area contributed by atoms with Crippen LogP contribution in [-0.2, 0) is 9.84 Å². The fourth-order valence-corrected chi connectivity index (χ4v) is 3.44. The van der Waals surface area contributed by atoms with Gasteiger partial charge in [0.05, 0.1) is 11.0 Å². The second kappa shape index (κ2) is 4.61. The maximum atomic E-state index is 11.5. The van der Waals surface area contributed by atoms with Gasteiger partial charge >= 0.3 is 6.03 Å². The summed E-state index contributed by atoms with van der Waals surface area (Å²) >= 11 is 0. The summed E-state index contributed by atoms with van der Waals surface area (Å²) in [6.45, 7) is 5.83. The van der Waals surface area contributed by atoms with Crippen LogP contribution in [0.5, 0.6) is 0 Å². The normalized spacial score (nSPS) is 24.1. The van der Waals surface area contributed by atoms with E-state index in [1.165, 1.54) is 0 Å². The van der Waals surface area contributed by atoms with Crippen LogP contribution in [0.4, 0.5) is 4.79 Å². The van der Waals surface area contributed by atoms with Crippen molar-refractivity contribution in [1.29, 1.82) is 0 Å². The molecule has 16 heavy (non-hydrogen) atoms. The molecule has 2 amide bonds. The van der Waals surface area contributed by atoms with E-state index >= 15 is 0 Å². The lowest BCUT2D eigenvalue weighted by molar-refractivity contribution is 0.232. The minimum Gasteiger partial charge on any atom is -0.337 e. The molecular formula is C10H20N2O3S. The summed E-state index contributed by atoms with van der Waals surface area (Å²) in [5.74, 6) is 0.250. The summed E-state index contributed by atoms with van der Waals surface area (Å²) < 4.78 is 23.0. The van der Waals surface area contributed by atoms with Crippen molar-refractivity contribution >= 4 is 15.9 Å². The van der Waals surface area contributed by atoms with Gasteiger partial charge in [0.25, 0.3) is 0 Å². The van der Waals surface area contributed by atoms with Crippen molar-refractivity contribution in [3.05, 3.63) is 0 Å². The number of nitrogens with one attached hydrogen (secondary N) is 2. The molecule has 1 aliphatic rings. The van der Waals surface area contributed by atoms with Crippen LogP contribution in [0.15, 0.2) is 0 Å². The zero-order chi connectivity index (χ0) is 12.4. The molecule has 2 N–H and O–H groups in total. The third kappa shape index (κ3) is 4.00. The number of carbonyl (C=O) groups excluding carboxylic acids is 1. The summed E-state index contributed by atoms with van der Waals surface area (Å²) in [6.07, 6.45) is 1.35. The SMILES string of the molecule is CC(C)(C)NC(=O)NCC1CCCS1(=O)=O. The molecule has 5 nitrogen and oxygen atoms in total. The fraction of sp³-hybridized carbons (Fsp3) is 0.900. The first-order valence-electron chi connectivity index (χ1n) is 5.48. The molecule has 0 aromatic carbocycles. The number of hydrogen-bond donors (Lipinski definition) is 2. The molecule has 0 saturated carbocycles. The number of urea groups is 1. The van der Waals surface area contributed by atoms with Crippen molar-refractivity contribution < 1.29 is 13.2 Å². The fourth-order valence-electron chi connectivity index (χ4n) is 1.68. The third-order valence-electron chi connectivity index (χ3n) is 2.44. The smallest absolute Gasteiger partial charge is 0.315 e. The standard InChI is InChI=1S/C10H20N2O3S/c1-10(2,3)12-9(13)11-7-8-5-4-6-16(8,14)15/h8H,4-7H2,1-3H3,(H2,11,12,13). The van der Waals surface area contributed by atoms with E-state index in [9.17, 15) is 13.2 Å². The first kappa shape index (κ1) is 13.3. The third-order valence-corrected chi connectivity index (χ3v) is 4.72. The molecule has 0 aromatic heterocycles. The average Bonchev–Trinajstić information content (AvgIpc) is 2.38. The van der Waals surface area contributed by atoms with Gasteiger partial charge in [0, 0.05) is 12.1 Å². The van der Waals surface area contributed by atoms with E-state index in [-0.39, 0.29) is 23.9 Å². The Hall–Kier alpha value is -0.780. The monoisotopic (exact) mass is 248 g/mol. The van der Waals surface area contributed by atoms with Crippen molar-refractivity contribution in [1.82, 2.24) is 10.6 Å². The molecule has 1 unspecified atom stereocenters. The van der Waals surface area contributed by atoms with Crippen LogP contribution in [0, 0.1) is 0 Å². The number of rotatable bonds is 2. The van der Waals surface area contributed by atoms with Gasteiger partial charge < -0.3 is 10.6 Å². The molecule has 0 radical (unpaired) electrons. The van der Waals surface area contributed by atoms with Gasteiger partial charge in [-0.2, -0.15) is 0 Å². The molecule has 1 fully saturated rings. The summed E-state index contributed by atoms with van der Waals surface area (Å²) in [5, 5.41) is 4.93. The molecule has 1 atom stereocenters. The van der Waals surface area contributed by atoms with Crippen LogP contribution < -0.4 is 10.6 Å². The minimum atomic E-state index is -2.97. The lowest BCUT2D eigenvalue weighted by Crippen LogP contribution is -2.48. The van der Waals surface area contributed by atoms with Crippen molar-refractivity contribution in [2.24, 2.45) is 0 Å². The molecule has 0 aromatic rings. The Morgan fingerprint density at radius 2 is 2.00 bits per heavy atom. The van der Waals surface area contributed by atoms with Crippen molar-refractivity contribution in [3.63, 3.8) is 0 Å². The van der Waals surface area contributed by atoms with E-state index in [2.05, 4.69) is 10.6 Å². The van der Waals surface area contributed by atoms with Gasteiger partial charge in [-0.25, -0.2) is 13.2 Å². The summed E-state index contributed by atoms with van der Waals surface area (Å²) in [7, 11) is -2.97. The predicted octanol–water partition coefficient (Wildman–Crippen LogP) is 0.661. The summed E-state index contributed by atoms with van der Waals surface area (Å²) in [4.78, 5) is 11.4. The molecule has 0 aliphatic carbocycles. The van der Waals surface area contributed by atoms with E-state index in [1.807, 2.05) is 20.8 Å². The van der Waals surface area contributed by atoms with Gasteiger partial charge in [-0.15, -0.1) is 0 Å². The quantitative estimate of drug-likeness (QED) is 0.754.